The van der Waals surface area contributed by atoms with Gasteiger partial charge in [-0.3, -0.25) is 0 Å². The van der Waals surface area contributed by atoms with E-state index in [1.165, 1.54) is 13.8 Å². The van der Waals surface area contributed by atoms with Gasteiger partial charge in [-0.05, 0) is 99.7 Å². The largest absolute Gasteiger partial charge is 0.394 e. The normalized spacial score (nSPS) is 51.8. The molecule has 5 saturated heterocycles. The first kappa shape index (κ1) is 71.9. The van der Waals surface area contributed by atoms with Gasteiger partial charge >= 0.3 is 0 Å². The smallest absolute Gasteiger partial charge is 0.187 e. The maximum Gasteiger partial charge on any atom is 0.187 e. The van der Waals surface area contributed by atoms with E-state index in [2.05, 4.69) is 33.8 Å². The SMILES string of the molecule is C[C@H](CC[C@@H](O[C@@H]1O[C@H](CO[C@@H]2O[C@H](CO)[C@@H](O)[C@H](O)[C@H]2O[C@@H]2O[C@H](CO)[C@@H](O)[C@H](O)[C@H]2O)[C@@H](O)[C@H](O)[C@H]1O)C(C)(C)O)[C@H]1CC[C@@]2(C)[C@@H]3CC=C4[C@@H](CC[C@H](O[C@@H]5O[C@H](CO[C@@H]6O[C@H](CO)[C@@H](O)[C@H](O)[C@H]6O)[C@@H](O)[C@H](O)[C@H]5O)C4(C)C)[C@]3(C)[C@H](O)C[C@]12C. The number of hydrogen-bond acceptors (Lipinski definition) is 29. The van der Waals surface area contributed by atoms with Crippen molar-refractivity contribution in [1.29, 1.82) is 0 Å². The minimum atomic E-state index is -1.93. The number of hydrogen-bond donors (Lipinski definition) is 19. The molecule has 0 bridgehead atoms. The maximum atomic E-state index is 12.8. The van der Waals surface area contributed by atoms with Crippen molar-refractivity contribution in [2.75, 3.05) is 33.0 Å². The summed E-state index contributed by atoms with van der Waals surface area (Å²) in [5.41, 5.74) is -2.28. The molecule has 9 aliphatic rings. The lowest BCUT2D eigenvalue weighted by Gasteiger charge is -2.67. The van der Waals surface area contributed by atoms with Gasteiger partial charge in [-0.25, -0.2) is 0 Å². The molecule has 29 nitrogen and oxygen atoms in total. The van der Waals surface area contributed by atoms with Crippen LogP contribution in [0.2, 0.25) is 0 Å². The van der Waals surface area contributed by atoms with Crippen molar-refractivity contribution in [2.24, 2.45) is 45.3 Å². The number of aliphatic hydroxyl groups excluding tert-OH is 18. The van der Waals surface area contributed by atoms with Crippen molar-refractivity contribution >= 4 is 0 Å². The summed E-state index contributed by atoms with van der Waals surface area (Å²) >= 11 is 0. The summed E-state index contributed by atoms with van der Waals surface area (Å²) in [5.74, 6) is 0.123. The van der Waals surface area contributed by atoms with Crippen molar-refractivity contribution in [3.63, 3.8) is 0 Å². The molecule has 8 fully saturated rings. The highest BCUT2D eigenvalue weighted by atomic mass is 16.8. The van der Waals surface area contributed by atoms with Crippen LogP contribution in [0.5, 0.6) is 0 Å². The standard InChI is InChI=1S/C60H102O29/c1-23(9-13-35(57(4,5)79)88-53-48(77)44(73)40(69)31(86-53)22-81-55-50(45(74)38(67)29(20-63)84-55)89-54-49(78)42(71)37(66)28(19-62)83-54)24-15-16-58(6)32-12-10-25-26(60(32,8)33(64)17-59(24,58)7)11-14-34(56(25,2)3)87-52-47(76)43(72)39(68)30(85-52)21-80-51-46(75)41(70)36(65)27(18-61)82-51/h10,23-24,26-55,61-79H,9,11-22H2,1-8H3/t23-,24-,26-,27-,28-,29-,30-,31-,32+,33-,34+,35-,36-,37-,38-,39-,40-,41+,42+,43+,44+,45+,46-,47-,48-,49-,50-,51-,52+,53+,54+,55-,58+,59-,60+/m1/s1. The second kappa shape index (κ2) is 27.6. The van der Waals surface area contributed by atoms with Crippen LogP contribution >= 0.6 is 0 Å². The molecule has 9 rings (SSSR count). The Labute approximate surface area is 517 Å². The number of rotatable bonds is 20. The van der Waals surface area contributed by atoms with E-state index in [4.69, 9.17) is 47.4 Å². The van der Waals surface area contributed by atoms with Crippen LogP contribution in [-0.4, -0.2) is 308 Å². The molecule has 0 aromatic rings. The third-order valence-electron chi connectivity index (χ3n) is 22.9. The van der Waals surface area contributed by atoms with Gasteiger partial charge in [0.2, 0.25) is 0 Å². The molecular weight excluding hydrogens is 1180 g/mol. The van der Waals surface area contributed by atoms with Crippen molar-refractivity contribution in [2.45, 2.75) is 284 Å². The van der Waals surface area contributed by atoms with Gasteiger partial charge in [0.15, 0.2) is 31.5 Å². The Balaban J connectivity index is 0.836. The van der Waals surface area contributed by atoms with Gasteiger partial charge in [-0.1, -0.05) is 53.2 Å². The van der Waals surface area contributed by atoms with Gasteiger partial charge in [0, 0.05) is 10.8 Å². The first-order valence-electron chi connectivity index (χ1n) is 31.6. The maximum absolute atomic E-state index is 12.8. The molecule has 0 spiro atoms. The summed E-state index contributed by atoms with van der Waals surface area (Å²) in [5, 5.41) is 205. The Kier molecular flexibility index (Phi) is 22.3. The van der Waals surface area contributed by atoms with Crippen LogP contribution in [0.25, 0.3) is 0 Å². The third-order valence-corrected chi connectivity index (χ3v) is 22.9. The van der Waals surface area contributed by atoms with Crippen LogP contribution in [0.3, 0.4) is 0 Å². The summed E-state index contributed by atoms with van der Waals surface area (Å²) < 4.78 is 58.9. The van der Waals surface area contributed by atoms with E-state index in [9.17, 15) is 97.0 Å². The number of aliphatic hydroxyl groups is 19. The highest BCUT2D eigenvalue weighted by molar-refractivity contribution is 5.32. The average Bonchev–Trinajstić information content (AvgIpc) is 1.66. The molecule has 4 aliphatic carbocycles. The molecule has 3 saturated carbocycles. The minimum Gasteiger partial charge on any atom is -0.394 e. The van der Waals surface area contributed by atoms with Gasteiger partial charge in [0.1, 0.15) is 122 Å². The molecular formula is C60H102O29. The minimum absolute atomic E-state index is 0.0138. The molecule has 35 atom stereocenters. The van der Waals surface area contributed by atoms with E-state index < -0.39 is 221 Å². The summed E-state index contributed by atoms with van der Waals surface area (Å²) in [6.45, 7) is 12.6. The zero-order valence-corrected chi connectivity index (χ0v) is 51.8. The zero-order valence-electron chi connectivity index (χ0n) is 51.8. The van der Waals surface area contributed by atoms with Crippen LogP contribution in [0.15, 0.2) is 11.6 Å². The molecule has 5 heterocycles. The second-order valence-corrected chi connectivity index (χ2v) is 28.7. The van der Waals surface area contributed by atoms with Gasteiger partial charge in [-0.2, -0.15) is 0 Å². The average molecular weight is 1290 g/mol. The van der Waals surface area contributed by atoms with E-state index in [0.717, 1.165) is 18.4 Å². The van der Waals surface area contributed by atoms with Crippen molar-refractivity contribution in [1.82, 2.24) is 0 Å². The van der Waals surface area contributed by atoms with Crippen LogP contribution in [-0.2, 0) is 47.4 Å². The topological polar surface area (TPSA) is 477 Å². The molecule has 0 aromatic heterocycles. The third kappa shape index (κ3) is 13.1. The quantitative estimate of drug-likeness (QED) is 0.0506. The van der Waals surface area contributed by atoms with Crippen molar-refractivity contribution in [3.05, 3.63) is 11.6 Å². The fourth-order valence-electron chi connectivity index (χ4n) is 17.0. The Morgan fingerprint density at radius 3 is 1.51 bits per heavy atom. The van der Waals surface area contributed by atoms with E-state index in [-0.39, 0.29) is 40.9 Å². The Hall–Kier alpha value is -1.42. The zero-order chi connectivity index (χ0) is 65.5. The molecule has 0 unspecified atom stereocenters. The summed E-state index contributed by atoms with van der Waals surface area (Å²) in [4.78, 5) is 0. The van der Waals surface area contributed by atoms with Crippen LogP contribution in [0.1, 0.15) is 107 Å². The Morgan fingerprint density at radius 2 is 0.966 bits per heavy atom. The molecule has 19 N–H and O–H groups in total. The first-order chi connectivity index (χ1) is 41.6. The Morgan fingerprint density at radius 1 is 0.517 bits per heavy atom. The summed E-state index contributed by atoms with van der Waals surface area (Å²) in [6.07, 6.45) is -37.0. The second-order valence-electron chi connectivity index (χ2n) is 28.7. The first-order valence-corrected chi connectivity index (χ1v) is 31.6. The van der Waals surface area contributed by atoms with Crippen molar-refractivity contribution < 1.29 is 144 Å². The Bertz CT molecular complexity index is 2350. The molecule has 0 amide bonds. The highest BCUT2D eigenvalue weighted by Gasteiger charge is 2.70. The predicted molar refractivity (Wildman–Crippen MR) is 300 cm³/mol. The molecule has 0 radical (unpaired) electrons. The molecule has 5 aliphatic heterocycles. The fraction of sp³-hybridized carbons (Fsp3) is 0.967. The van der Waals surface area contributed by atoms with E-state index >= 15 is 0 Å². The predicted octanol–water partition coefficient (Wildman–Crippen LogP) is -5.41. The fourth-order valence-corrected chi connectivity index (χ4v) is 17.0. The molecule has 0 aromatic carbocycles. The van der Waals surface area contributed by atoms with Crippen LogP contribution in [0, 0.1) is 45.3 Å². The monoisotopic (exact) mass is 1290 g/mol. The number of ether oxygens (including phenoxy) is 10. The molecule has 516 valence electrons. The lowest BCUT2D eigenvalue weighted by atomic mass is 9.38. The number of allylic oxidation sites excluding steroid dienone is 1. The lowest BCUT2D eigenvalue weighted by Crippen LogP contribution is -2.65. The van der Waals surface area contributed by atoms with Crippen LogP contribution < -0.4 is 0 Å². The number of fused-ring (bicyclic) bond motifs is 5. The van der Waals surface area contributed by atoms with E-state index in [1.54, 1.807) is 0 Å². The van der Waals surface area contributed by atoms with Crippen molar-refractivity contribution in [3.8, 4) is 0 Å². The van der Waals surface area contributed by atoms with Gasteiger partial charge in [0.25, 0.3) is 0 Å². The summed E-state index contributed by atoms with van der Waals surface area (Å²) in [7, 11) is 0. The molecule has 89 heavy (non-hydrogen) atoms. The lowest BCUT2D eigenvalue weighted by molar-refractivity contribution is -0.374. The van der Waals surface area contributed by atoms with Gasteiger partial charge in [-0.15, -0.1) is 0 Å². The van der Waals surface area contributed by atoms with Gasteiger partial charge in [0.05, 0.1) is 56.9 Å². The highest BCUT2D eigenvalue weighted by Crippen LogP contribution is 2.75. The molecule has 29 heteroatoms. The van der Waals surface area contributed by atoms with E-state index in [1.807, 2.05) is 13.8 Å². The van der Waals surface area contributed by atoms with E-state index in [0.29, 0.717) is 32.1 Å². The summed E-state index contributed by atoms with van der Waals surface area (Å²) in [6, 6.07) is 0. The van der Waals surface area contributed by atoms with Gasteiger partial charge < -0.3 is 144 Å². The van der Waals surface area contributed by atoms with Crippen LogP contribution in [0.4, 0.5) is 0 Å².